The highest BCUT2D eigenvalue weighted by Gasteiger charge is 2.16. The van der Waals surface area contributed by atoms with Gasteiger partial charge in [-0.05, 0) is 42.0 Å². The largest absolute Gasteiger partial charge is 0.462 e. The van der Waals surface area contributed by atoms with Crippen molar-refractivity contribution in [2.45, 2.75) is 6.92 Å². The summed E-state index contributed by atoms with van der Waals surface area (Å²) in [4.78, 5) is 15.7. The van der Waals surface area contributed by atoms with Crippen molar-refractivity contribution in [1.29, 1.82) is 0 Å². The summed E-state index contributed by atoms with van der Waals surface area (Å²) >= 11 is 3.54. The lowest BCUT2D eigenvalue weighted by Crippen LogP contribution is -2.05. The van der Waals surface area contributed by atoms with Gasteiger partial charge in [-0.15, -0.1) is 0 Å². The Bertz CT molecular complexity index is 1070. The first-order chi connectivity index (χ1) is 11.2. The summed E-state index contributed by atoms with van der Waals surface area (Å²) < 4.78 is 6.25. The highest BCUT2D eigenvalue weighted by molar-refractivity contribution is 9.10. The average molecular weight is 368 g/mol. The van der Waals surface area contributed by atoms with Crippen LogP contribution in [0.3, 0.4) is 0 Å². The highest BCUT2D eigenvalue weighted by Crippen LogP contribution is 2.35. The second-order valence-corrected chi connectivity index (χ2v) is 6.34. The van der Waals surface area contributed by atoms with Crippen LogP contribution in [0.15, 0.2) is 53.0 Å². The Hall–Kier alpha value is -2.33. The quantitative estimate of drug-likeness (QED) is 0.481. The molecular formula is C19H14BrNO2. The first-order valence-electron chi connectivity index (χ1n) is 7.49. The summed E-state index contributed by atoms with van der Waals surface area (Å²) in [7, 11) is 0. The Labute approximate surface area is 141 Å². The van der Waals surface area contributed by atoms with E-state index in [-0.39, 0.29) is 5.97 Å². The van der Waals surface area contributed by atoms with E-state index in [4.69, 9.17) is 4.74 Å². The summed E-state index contributed by atoms with van der Waals surface area (Å²) in [6, 6.07) is 16.0. The van der Waals surface area contributed by atoms with Gasteiger partial charge in [0.1, 0.15) is 0 Å². The van der Waals surface area contributed by atoms with Crippen molar-refractivity contribution in [1.82, 2.24) is 4.98 Å². The van der Waals surface area contributed by atoms with Crippen LogP contribution in [0.2, 0.25) is 0 Å². The molecule has 1 heterocycles. The van der Waals surface area contributed by atoms with Crippen molar-refractivity contribution >= 4 is 54.5 Å². The van der Waals surface area contributed by atoms with Gasteiger partial charge < -0.3 is 9.72 Å². The third kappa shape index (κ3) is 2.21. The molecule has 4 rings (SSSR count). The lowest BCUT2D eigenvalue weighted by Gasteiger charge is -2.08. The Kier molecular flexibility index (Phi) is 3.34. The van der Waals surface area contributed by atoms with E-state index in [9.17, 15) is 4.79 Å². The molecule has 0 unspecified atom stereocenters. The second kappa shape index (κ2) is 5.39. The Balaban J connectivity index is 2.17. The van der Waals surface area contributed by atoms with Gasteiger partial charge in [0.2, 0.25) is 0 Å². The molecule has 0 aliphatic carbocycles. The van der Waals surface area contributed by atoms with Crippen LogP contribution in [0, 0.1) is 0 Å². The maximum Gasteiger partial charge on any atom is 0.338 e. The topological polar surface area (TPSA) is 42.1 Å². The van der Waals surface area contributed by atoms with Crippen molar-refractivity contribution in [3.63, 3.8) is 0 Å². The summed E-state index contributed by atoms with van der Waals surface area (Å²) in [5, 5.41) is 4.24. The molecule has 0 bridgehead atoms. The van der Waals surface area contributed by atoms with Crippen LogP contribution in [-0.2, 0) is 4.74 Å². The monoisotopic (exact) mass is 367 g/mol. The molecule has 0 spiro atoms. The summed E-state index contributed by atoms with van der Waals surface area (Å²) in [5.41, 5.74) is 2.59. The van der Waals surface area contributed by atoms with E-state index in [1.807, 2.05) is 43.3 Å². The third-order valence-corrected chi connectivity index (χ3v) is 4.55. The molecule has 0 aliphatic heterocycles. The molecule has 23 heavy (non-hydrogen) atoms. The van der Waals surface area contributed by atoms with Crippen LogP contribution in [-0.4, -0.2) is 17.6 Å². The van der Waals surface area contributed by atoms with Crippen molar-refractivity contribution in [2.75, 3.05) is 6.61 Å². The van der Waals surface area contributed by atoms with Crippen LogP contribution >= 0.6 is 15.9 Å². The van der Waals surface area contributed by atoms with Gasteiger partial charge in [0.25, 0.3) is 0 Å². The Morgan fingerprint density at radius 1 is 1.04 bits per heavy atom. The van der Waals surface area contributed by atoms with Gasteiger partial charge in [0, 0.05) is 26.3 Å². The number of benzene rings is 3. The number of hydrogen-bond acceptors (Lipinski definition) is 2. The normalized spacial score (nSPS) is 11.4. The molecule has 0 aliphatic rings. The standard InChI is InChI=1S/C19H14BrNO2/c1-2-23-19(22)14-10-17-18(13-6-4-3-5-12(13)14)15-9-11(20)7-8-16(15)21-17/h3-10,21H,2H2,1H3. The molecular weight excluding hydrogens is 354 g/mol. The highest BCUT2D eigenvalue weighted by atomic mass is 79.9. The molecule has 114 valence electrons. The van der Waals surface area contributed by atoms with E-state index in [1.165, 1.54) is 0 Å². The van der Waals surface area contributed by atoms with Crippen molar-refractivity contribution in [3.8, 4) is 0 Å². The van der Waals surface area contributed by atoms with Gasteiger partial charge in [0.05, 0.1) is 12.2 Å². The van der Waals surface area contributed by atoms with E-state index < -0.39 is 0 Å². The molecule has 0 fully saturated rings. The van der Waals surface area contributed by atoms with E-state index in [2.05, 4.69) is 33.0 Å². The molecule has 3 nitrogen and oxygen atoms in total. The predicted molar refractivity (Wildman–Crippen MR) is 97.0 cm³/mol. The number of H-pyrrole nitrogens is 1. The number of aromatic nitrogens is 1. The second-order valence-electron chi connectivity index (χ2n) is 5.43. The first-order valence-corrected chi connectivity index (χ1v) is 8.28. The minimum atomic E-state index is -0.287. The van der Waals surface area contributed by atoms with Crippen LogP contribution in [0.1, 0.15) is 17.3 Å². The molecule has 4 heteroatoms. The van der Waals surface area contributed by atoms with Gasteiger partial charge in [-0.3, -0.25) is 0 Å². The number of rotatable bonds is 2. The fourth-order valence-electron chi connectivity index (χ4n) is 3.12. The summed E-state index contributed by atoms with van der Waals surface area (Å²) in [5.74, 6) is -0.287. The number of carbonyl (C=O) groups excluding carboxylic acids is 1. The predicted octanol–water partition coefficient (Wildman–Crippen LogP) is 5.41. The number of nitrogens with one attached hydrogen (secondary N) is 1. The van der Waals surface area contributed by atoms with Crippen molar-refractivity contribution < 1.29 is 9.53 Å². The van der Waals surface area contributed by atoms with Gasteiger partial charge >= 0.3 is 5.97 Å². The van der Waals surface area contributed by atoms with Gasteiger partial charge in [0.15, 0.2) is 0 Å². The molecule has 1 N–H and O–H groups in total. The Morgan fingerprint density at radius 3 is 2.61 bits per heavy atom. The van der Waals surface area contributed by atoms with Crippen molar-refractivity contribution in [2.24, 2.45) is 0 Å². The van der Waals surface area contributed by atoms with Gasteiger partial charge in [-0.1, -0.05) is 40.2 Å². The third-order valence-electron chi connectivity index (χ3n) is 4.06. The van der Waals surface area contributed by atoms with E-state index in [0.29, 0.717) is 12.2 Å². The maximum atomic E-state index is 12.3. The smallest absolute Gasteiger partial charge is 0.338 e. The minimum absolute atomic E-state index is 0.287. The lowest BCUT2D eigenvalue weighted by molar-refractivity contribution is 0.0529. The summed E-state index contributed by atoms with van der Waals surface area (Å²) in [6.45, 7) is 2.18. The van der Waals surface area contributed by atoms with Crippen LogP contribution < -0.4 is 0 Å². The molecule has 0 radical (unpaired) electrons. The zero-order valence-corrected chi connectivity index (χ0v) is 14.1. The number of ether oxygens (including phenoxy) is 1. The first kappa shape index (κ1) is 14.3. The number of carbonyl (C=O) groups is 1. The molecule has 0 saturated heterocycles. The molecule has 1 aromatic heterocycles. The number of esters is 1. The molecule has 4 aromatic rings. The summed E-state index contributed by atoms with van der Waals surface area (Å²) in [6.07, 6.45) is 0. The van der Waals surface area contributed by atoms with Crippen LogP contribution in [0.25, 0.3) is 32.6 Å². The van der Waals surface area contributed by atoms with E-state index in [0.717, 1.165) is 37.1 Å². The number of halogens is 1. The SMILES string of the molecule is CCOC(=O)c1cc2[nH]c3ccc(Br)cc3c2c2ccccc12. The molecule has 0 amide bonds. The number of fused-ring (bicyclic) bond motifs is 5. The van der Waals surface area contributed by atoms with Crippen molar-refractivity contribution in [3.05, 3.63) is 58.6 Å². The number of aromatic amines is 1. The maximum absolute atomic E-state index is 12.3. The molecule has 0 atom stereocenters. The van der Waals surface area contributed by atoms with E-state index in [1.54, 1.807) is 0 Å². The number of hydrogen-bond donors (Lipinski definition) is 1. The van der Waals surface area contributed by atoms with Gasteiger partial charge in [-0.25, -0.2) is 4.79 Å². The lowest BCUT2D eigenvalue weighted by atomic mass is 9.99. The fraction of sp³-hybridized carbons (Fsp3) is 0.105. The van der Waals surface area contributed by atoms with E-state index >= 15 is 0 Å². The minimum Gasteiger partial charge on any atom is -0.462 e. The zero-order chi connectivity index (χ0) is 16.0. The fourth-order valence-corrected chi connectivity index (χ4v) is 3.48. The Morgan fingerprint density at radius 2 is 1.83 bits per heavy atom. The molecule has 3 aromatic carbocycles. The van der Waals surface area contributed by atoms with Crippen LogP contribution in [0.4, 0.5) is 0 Å². The average Bonchev–Trinajstić information content (AvgIpc) is 2.92. The zero-order valence-electron chi connectivity index (χ0n) is 12.5. The van der Waals surface area contributed by atoms with Crippen LogP contribution in [0.5, 0.6) is 0 Å². The van der Waals surface area contributed by atoms with Gasteiger partial charge in [-0.2, -0.15) is 0 Å². The molecule has 0 saturated carbocycles.